The Morgan fingerprint density at radius 2 is 2.25 bits per heavy atom. The van der Waals surface area contributed by atoms with Gasteiger partial charge in [0.15, 0.2) is 5.69 Å². The fraction of sp³-hybridized carbons (Fsp3) is 0.357. The second kappa shape index (κ2) is 5.73. The average Bonchev–Trinajstić information content (AvgIpc) is 2.77. The van der Waals surface area contributed by atoms with E-state index in [1.54, 1.807) is 6.20 Å². The monoisotopic (exact) mass is 274 g/mol. The van der Waals surface area contributed by atoms with Crippen molar-refractivity contribution in [3.05, 3.63) is 41.1 Å². The Hall–Kier alpha value is -2.37. The molecule has 2 N–H and O–H groups in total. The molecular weight excluding hydrogens is 256 g/mol. The minimum absolute atomic E-state index is 0.165. The van der Waals surface area contributed by atoms with E-state index in [0.717, 1.165) is 17.1 Å². The third-order valence-corrected chi connectivity index (χ3v) is 3.21. The number of nitrogen functional groups attached to an aromatic ring is 1. The van der Waals surface area contributed by atoms with Gasteiger partial charge in [-0.3, -0.25) is 4.98 Å². The third kappa shape index (κ3) is 2.49. The molecule has 0 aliphatic rings. The van der Waals surface area contributed by atoms with Crippen molar-refractivity contribution in [3.63, 3.8) is 0 Å². The van der Waals surface area contributed by atoms with Gasteiger partial charge in [0.05, 0.1) is 19.3 Å². The molecule has 6 nitrogen and oxygen atoms in total. The lowest BCUT2D eigenvalue weighted by Gasteiger charge is -2.10. The van der Waals surface area contributed by atoms with Gasteiger partial charge < -0.3 is 15.0 Å². The fourth-order valence-electron chi connectivity index (χ4n) is 2.04. The van der Waals surface area contributed by atoms with Crippen LogP contribution in [-0.4, -0.2) is 27.6 Å². The van der Waals surface area contributed by atoms with Gasteiger partial charge in [-0.05, 0) is 18.6 Å². The van der Waals surface area contributed by atoms with Crippen LogP contribution in [0, 0.1) is 6.92 Å². The van der Waals surface area contributed by atoms with Crippen molar-refractivity contribution in [1.29, 1.82) is 0 Å². The Bertz CT molecular complexity index is 634. The summed E-state index contributed by atoms with van der Waals surface area (Å²) in [7, 11) is 1.31. The van der Waals surface area contributed by atoms with Crippen molar-refractivity contribution < 1.29 is 9.53 Å². The Balaban J connectivity index is 2.43. The molecule has 0 atom stereocenters. The zero-order valence-electron chi connectivity index (χ0n) is 11.9. The first kappa shape index (κ1) is 14.0. The van der Waals surface area contributed by atoms with Crippen molar-refractivity contribution >= 4 is 11.8 Å². The van der Waals surface area contributed by atoms with E-state index < -0.39 is 5.97 Å². The lowest BCUT2D eigenvalue weighted by Crippen LogP contribution is -2.11. The van der Waals surface area contributed by atoms with Gasteiger partial charge in [0.1, 0.15) is 11.6 Å². The maximum Gasteiger partial charge on any atom is 0.360 e. The lowest BCUT2D eigenvalue weighted by atomic mass is 10.2. The Morgan fingerprint density at radius 3 is 2.85 bits per heavy atom. The number of rotatable bonds is 4. The van der Waals surface area contributed by atoms with Crippen LogP contribution >= 0.6 is 0 Å². The molecule has 0 amide bonds. The van der Waals surface area contributed by atoms with Crippen LogP contribution in [0.15, 0.2) is 18.3 Å². The van der Waals surface area contributed by atoms with E-state index in [0.29, 0.717) is 18.8 Å². The smallest absolute Gasteiger partial charge is 0.360 e. The van der Waals surface area contributed by atoms with Crippen LogP contribution < -0.4 is 5.73 Å². The number of methoxy groups -OCH3 is 1. The predicted molar refractivity (Wildman–Crippen MR) is 75.4 cm³/mol. The van der Waals surface area contributed by atoms with Crippen LogP contribution in [0.2, 0.25) is 0 Å². The van der Waals surface area contributed by atoms with Crippen molar-refractivity contribution in [3.8, 4) is 0 Å². The number of aryl methyl sites for hydroxylation is 2. The highest BCUT2D eigenvalue weighted by atomic mass is 16.5. The molecule has 0 aliphatic heterocycles. The number of carbonyl (C=O) groups is 1. The van der Waals surface area contributed by atoms with E-state index in [4.69, 9.17) is 10.5 Å². The number of nitrogens with two attached hydrogens (primary N) is 1. The maximum atomic E-state index is 11.6. The Morgan fingerprint density at radius 1 is 1.50 bits per heavy atom. The minimum Gasteiger partial charge on any atom is -0.464 e. The molecular formula is C14H18N4O2. The van der Waals surface area contributed by atoms with Crippen LogP contribution in [0.3, 0.4) is 0 Å². The number of ether oxygens (including phenoxy) is 1. The molecule has 0 saturated heterocycles. The zero-order valence-corrected chi connectivity index (χ0v) is 11.9. The number of hydrogen-bond donors (Lipinski definition) is 1. The summed E-state index contributed by atoms with van der Waals surface area (Å²) in [6.45, 7) is 4.44. The van der Waals surface area contributed by atoms with Gasteiger partial charge in [0.25, 0.3) is 0 Å². The normalized spacial score (nSPS) is 10.6. The standard InChI is InChI=1S/C14H18N4O2/c1-4-11-17-12(14(19)20-3)13(15)18(11)8-10-9(2)6-5-7-16-10/h5-7H,4,8,15H2,1-3H3. The largest absolute Gasteiger partial charge is 0.464 e. The molecule has 2 aromatic rings. The Kier molecular flexibility index (Phi) is 4.02. The number of aromatic nitrogens is 3. The summed E-state index contributed by atoms with van der Waals surface area (Å²) in [4.78, 5) is 20.2. The van der Waals surface area contributed by atoms with Crippen molar-refractivity contribution in [1.82, 2.24) is 14.5 Å². The van der Waals surface area contributed by atoms with Gasteiger partial charge in [-0.15, -0.1) is 0 Å². The third-order valence-electron chi connectivity index (χ3n) is 3.21. The van der Waals surface area contributed by atoms with E-state index in [2.05, 4.69) is 9.97 Å². The van der Waals surface area contributed by atoms with Crippen LogP contribution in [0.4, 0.5) is 5.82 Å². The summed E-state index contributed by atoms with van der Waals surface area (Å²) < 4.78 is 6.50. The van der Waals surface area contributed by atoms with Crippen molar-refractivity contribution in [2.24, 2.45) is 0 Å². The molecule has 106 valence electrons. The van der Waals surface area contributed by atoms with E-state index in [-0.39, 0.29) is 5.69 Å². The van der Waals surface area contributed by atoms with Gasteiger partial charge in [-0.2, -0.15) is 0 Å². The highest BCUT2D eigenvalue weighted by Gasteiger charge is 2.20. The second-order valence-corrected chi connectivity index (χ2v) is 4.46. The Labute approximate surface area is 117 Å². The van der Waals surface area contributed by atoms with E-state index >= 15 is 0 Å². The van der Waals surface area contributed by atoms with Crippen LogP contribution in [-0.2, 0) is 17.7 Å². The van der Waals surface area contributed by atoms with Crippen LogP contribution in [0.25, 0.3) is 0 Å². The molecule has 0 radical (unpaired) electrons. The molecule has 2 aromatic heterocycles. The molecule has 0 bridgehead atoms. The summed E-state index contributed by atoms with van der Waals surface area (Å²) in [5.41, 5.74) is 8.17. The summed E-state index contributed by atoms with van der Waals surface area (Å²) in [6, 6.07) is 3.87. The number of esters is 1. The number of hydrogen-bond acceptors (Lipinski definition) is 5. The number of pyridine rings is 1. The van der Waals surface area contributed by atoms with Crippen LogP contribution in [0.1, 0.15) is 34.5 Å². The zero-order chi connectivity index (χ0) is 14.7. The highest BCUT2D eigenvalue weighted by molar-refractivity contribution is 5.92. The van der Waals surface area contributed by atoms with Gasteiger partial charge in [0, 0.05) is 12.6 Å². The first-order chi connectivity index (χ1) is 9.58. The van der Waals surface area contributed by atoms with Gasteiger partial charge in [-0.1, -0.05) is 13.0 Å². The molecule has 0 aliphatic carbocycles. The topological polar surface area (TPSA) is 83.0 Å². The van der Waals surface area contributed by atoms with Gasteiger partial charge >= 0.3 is 5.97 Å². The summed E-state index contributed by atoms with van der Waals surface area (Å²) in [6.07, 6.45) is 2.41. The molecule has 20 heavy (non-hydrogen) atoms. The minimum atomic E-state index is -0.520. The quantitative estimate of drug-likeness (QED) is 0.855. The molecule has 0 saturated carbocycles. The number of anilines is 1. The molecule has 0 unspecified atom stereocenters. The van der Waals surface area contributed by atoms with E-state index in [1.165, 1.54) is 7.11 Å². The first-order valence-corrected chi connectivity index (χ1v) is 6.42. The maximum absolute atomic E-state index is 11.6. The molecule has 0 fully saturated rings. The molecule has 6 heteroatoms. The fourth-order valence-corrected chi connectivity index (χ4v) is 2.04. The van der Waals surface area contributed by atoms with E-state index in [9.17, 15) is 4.79 Å². The van der Waals surface area contributed by atoms with E-state index in [1.807, 2.05) is 30.5 Å². The van der Waals surface area contributed by atoms with Crippen molar-refractivity contribution in [2.75, 3.05) is 12.8 Å². The van der Waals surface area contributed by atoms with Crippen molar-refractivity contribution in [2.45, 2.75) is 26.8 Å². The van der Waals surface area contributed by atoms with Crippen LogP contribution in [0.5, 0.6) is 0 Å². The molecule has 2 rings (SSSR count). The second-order valence-electron chi connectivity index (χ2n) is 4.46. The first-order valence-electron chi connectivity index (χ1n) is 6.42. The molecule has 2 heterocycles. The summed E-state index contributed by atoms with van der Waals surface area (Å²) in [5.74, 6) is 0.542. The lowest BCUT2D eigenvalue weighted by molar-refractivity contribution is 0.0595. The van der Waals surface area contributed by atoms with Gasteiger partial charge in [0.2, 0.25) is 0 Å². The number of imidazole rings is 1. The molecule has 0 aromatic carbocycles. The highest BCUT2D eigenvalue weighted by Crippen LogP contribution is 2.18. The SMILES string of the molecule is CCc1nc(C(=O)OC)c(N)n1Cc1ncccc1C. The number of carbonyl (C=O) groups excluding carboxylic acids is 1. The summed E-state index contributed by atoms with van der Waals surface area (Å²) in [5, 5.41) is 0. The summed E-state index contributed by atoms with van der Waals surface area (Å²) >= 11 is 0. The number of nitrogens with zero attached hydrogens (tertiary/aromatic N) is 3. The predicted octanol–water partition coefficient (Wildman–Crippen LogP) is 1.57. The molecule has 0 spiro atoms. The van der Waals surface area contributed by atoms with Gasteiger partial charge in [-0.25, -0.2) is 9.78 Å². The average molecular weight is 274 g/mol.